The van der Waals surface area contributed by atoms with Crippen molar-refractivity contribution in [2.45, 2.75) is 26.3 Å². The van der Waals surface area contributed by atoms with Crippen molar-refractivity contribution in [3.8, 4) is 0 Å². The maximum Gasteiger partial charge on any atom is 0.229 e. The van der Waals surface area contributed by atoms with Gasteiger partial charge in [0.15, 0.2) is 0 Å². The number of hydrogen-bond donors (Lipinski definition) is 2. The van der Waals surface area contributed by atoms with Gasteiger partial charge in [-0.1, -0.05) is 0 Å². The van der Waals surface area contributed by atoms with E-state index in [0.717, 1.165) is 18.5 Å². The Morgan fingerprint density at radius 2 is 2.28 bits per heavy atom. The van der Waals surface area contributed by atoms with Crippen LogP contribution in [0.25, 0.3) is 0 Å². The van der Waals surface area contributed by atoms with E-state index in [0.29, 0.717) is 10.2 Å². The molecule has 3 nitrogen and oxygen atoms in total. The number of carbonyl (C=O) groups excluding carboxylic acids is 1. The van der Waals surface area contributed by atoms with E-state index in [1.807, 2.05) is 6.92 Å². The van der Waals surface area contributed by atoms with Crippen molar-refractivity contribution in [3.63, 3.8) is 0 Å². The second kappa shape index (κ2) is 5.36. The van der Waals surface area contributed by atoms with Crippen LogP contribution in [0.2, 0.25) is 0 Å². The van der Waals surface area contributed by atoms with Crippen LogP contribution in [0.5, 0.6) is 0 Å². The van der Waals surface area contributed by atoms with Gasteiger partial charge in [-0.25, -0.2) is 4.39 Å². The number of rotatable bonds is 2. The van der Waals surface area contributed by atoms with Crippen LogP contribution in [0.3, 0.4) is 0 Å². The number of carbonyl (C=O) groups is 1. The Kier molecular flexibility index (Phi) is 4.02. The van der Waals surface area contributed by atoms with Gasteiger partial charge >= 0.3 is 0 Å². The average molecular weight is 315 g/mol. The van der Waals surface area contributed by atoms with Gasteiger partial charge in [-0.15, -0.1) is 0 Å². The molecule has 0 saturated carbocycles. The number of amides is 1. The van der Waals surface area contributed by atoms with Crippen LogP contribution < -0.4 is 10.6 Å². The van der Waals surface area contributed by atoms with Gasteiger partial charge in [-0.05, 0) is 60.4 Å². The van der Waals surface area contributed by atoms with Crippen molar-refractivity contribution in [2.24, 2.45) is 5.92 Å². The van der Waals surface area contributed by atoms with Gasteiger partial charge < -0.3 is 10.6 Å². The summed E-state index contributed by atoms with van der Waals surface area (Å²) in [7, 11) is 0. The molecule has 1 aliphatic heterocycles. The van der Waals surface area contributed by atoms with Crippen LogP contribution in [0.4, 0.5) is 10.1 Å². The monoisotopic (exact) mass is 314 g/mol. The third kappa shape index (κ3) is 2.72. The molecule has 1 aromatic rings. The Morgan fingerprint density at radius 3 is 2.89 bits per heavy atom. The smallest absolute Gasteiger partial charge is 0.229 e. The van der Waals surface area contributed by atoms with Crippen molar-refractivity contribution < 1.29 is 9.18 Å². The SMILES string of the molecule is Cc1cc(F)c(Br)cc1NC(=O)C1CCNC1C. The minimum Gasteiger partial charge on any atom is -0.326 e. The summed E-state index contributed by atoms with van der Waals surface area (Å²) >= 11 is 3.13. The molecule has 2 N–H and O–H groups in total. The first kappa shape index (κ1) is 13.5. The lowest BCUT2D eigenvalue weighted by Gasteiger charge is -2.16. The second-order valence-electron chi connectivity index (χ2n) is 4.71. The minimum absolute atomic E-state index is 0.00546. The highest BCUT2D eigenvalue weighted by Crippen LogP contribution is 2.25. The summed E-state index contributed by atoms with van der Waals surface area (Å²) in [4.78, 5) is 12.1. The lowest BCUT2D eigenvalue weighted by atomic mass is 10.0. The van der Waals surface area contributed by atoms with Crippen molar-refractivity contribution >= 4 is 27.5 Å². The largest absolute Gasteiger partial charge is 0.326 e. The molecule has 1 heterocycles. The predicted molar refractivity (Wildman–Crippen MR) is 73.0 cm³/mol. The summed E-state index contributed by atoms with van der Waals surface area (Å²) in [5.41, 5.74) is 1.38. The van der Waals surface area contributed by atoms with Gasteiger partial charge in [0, 0.05) is 11.7 Å². The fourth-order valence-electron chi connectivity index (χ4n) is 2.22. The summed E-state index contributed by atoms with van der Waals surface area (Å²) < 4.78 is 13.7. The molecule has 5 heteroatoms. The molecule has 1 amide bonds. The summed E-state index contributed by atoms with van der Waals surface area (Å²) in [6.07, 6.45) is 0.842. The van der Waals surface area contributed by atoms with Crippen LogP contribution >= 0.6 is 15.9 Å². The van der Waals surface area contributed by atoms with E-state index in [2.05, 4.69) is 26.6 Å². The summed E-state index contributed by atoms with van der Waals surface area (Å²) in [6.45, 7) is 4.65. The zero-order valence-electron chi connectivity index (χ0n) is 10.4. The van der Waals surface area contributed by atoms with Crippen molar-refractivity contribution in [2.75, 3.05) is 11.9 Å². The van der Waals surface area contributed by atoms with Gasteiger partial charge in [-0.2, -0.15) is 0 Å². The first-order chi connectivity index (χ1) is 8.49. The number of halogens is 2. The Bertz CT molecular complexity index is 478. The minimum atomic E-state index is -0.318. The third-order valence-electron chi connectivity index (χ3n) is 3.39. The van der Waals surface area contributed by atoms with Crippen molar-refractivity contribution in [3.05, 3.63) is 28.0 Å². The molecule has 0 aromatic heterocycles. The summed E-state index contributed by atoms with van der Waals surface area (Å²) in [6, 6.07) is 3.21. The average Bonchev–Trinajstić information content (AvgIpc) is 2.72. The van der Waals surface area contributed by atoms with Crippen molar-refractivity contribution in [1.82, 2.24) is 5.32 Å². The van der Waals surface area contributed by atoms with E-state index in [4.69, 9.17) is 0 Å². The molecule has 2 unspecified atom stereocenters. The number of nitrogens with one attached hydrogen (secondary N) is 2. The summed E-state index contributed by atoms with van der Waals surface area (Å²) in [5.74, 6) is -0.344. The van der Waals surface area contributed by atoms with E-state index >= 15 is 0 Å². The molecule has 98 valence electrons. The van der Waals surface area contributed by atoms with E-state index in [1.165, 1.54) is 6.07 Å². The molecule has 1 aromatic carbocycles. The van der Waals surface area contributed by atoms with Gasteiger partial charge in [0.05, 0.1) is 10.4 Å². The Labute approximate surface area is 114 Å². The van der Waals surface area contributed by atoms with Crippen molar-refractivity contribution in [1.29, 1.82) is 0 Å². The number of aryl methyl sites for hydroxylation is 1. The second-order valence-corrected chi connectivity index (χ2v) is 5.56. The first-order valence-corrected chi connectivity index (χ1v) is 6.78. The van der Waals surface area contributed by atoms with Crippen LogP contribution in [0.15, 0.2) is 16.6 Å². The third-order valence-corrected chi connectivity index (χ3v) is 3.99. The van der Waals surface area contributed by atoms with Gasteiger partial charge in [0.2, 0.25) is 5.91 Å². The Balaban J connectivity index is 2.14. The molecule has 2 atom stereocenters. The molecule has 1 fully saturated rings. The number of anilines is 1. The zero-order valence-corrected chi connectivity index (χ0v) is 12.0. The lowest BCUT2D eigenvalue weighted by Crippen LogP contribution is -2.32. The lowest BCUT2D eigenvalue weighted by molar-refractivity contribution is -0.120. The maximum absolute atomic E-state index is 13.3. The molecule has 0 radical (unpaired) electrons. The standard InChI is InChI=1S/C13H16BrFN2O/c1-7-5-11(15)10(14)6-12(7)17-13(18)9-3-4-16-8(9)2/h5-6,8-9,16H,3-4H2,1-2H3,(H,17,18). The van der Waals surface area contributed by atoms with Gasteiger partial charge in [-0.3, -0.25) is 4.79 Å². The topological polar surface area (TPSA) is 41.1 Å². The molecule has 2 rings (SSSR count). The molecule has 0 spiro atoms. The quantitative estimate of drug-likeness (QED) is 0.881. The predicted octanol–water partition coefficient (Wildman–Crippen LogP) is 2.83. The molecule has 0 bridgehead atoms. The molecule has 1 saturated heterocycles. The molecular weight excluding hydrogens is 299 g/mol. The van der Waals surface area contributed by atoms with Gasteiger partial charge in [0.25, 0.3) is 0 Å². The highest BCUT2D eigenvalue weighted by molar-refractivity contribution is 9.10. The Morgan fingerprint density at radius 1 is 1.56 bits per heavy atom. The Hall–Kier alpha value is -0.940. The highest BCUT2D eigenvalue weighted by Gasteiger charge is 2.29. The van der Waals surface area contributed by atoms with E-state index in [1.54, 1.807) is 13.0 Å². The van der Waals surface area contributed by atoms with Crippen LogP contribution in [0, 0.1) is 18.7 Å². The molecule has 1 aliphatic rings. The summed E-state index contributed by atoms with van der Waals surface area (Å²) in [5, 5.41) is 6.12. The fourth-order valence-corrected chi connectivity index (χ4v) is 2.57. The fraction of sp³-hybridized carbons (Fsp3) is 0.462. The maximum atomic E-state index is 13.3. The number of benzene rings is 1. The molecule has 18 heavy (non-hydrogen) atoms. The zero-order chi connectivity index (χ0) is 13.3. The molecule has 0 aliphatic carbocycles. The van der Waals surface area contributed by atoms with E-state index in [9.17, 15) is 9.18 Å². The highest BCUT2D eigenvalue weighted by atomic mass is 79.9. The number of hydrogen-bond acceptors (Lipinski definition) is 2. The van der Waals surface area contributed by atoms with Crippen LogP contribution in [-0.4, -0.2) is 18.5 Å². The first-order valence-electron chi connectivity index (χ1n) is 5.99. The van der Waals surface area contributed by atoms with Gasteiger partial charge in [0.1, 0.15) is 5.82 Å². The normalized spacial score (nSPS) is 23.1. The van der Waals surface area contributed by atoms with Crippen LogP contribution in [0.1, 0.15) is 18.9 Å². The van der Waals surface area contributed by atoms with E-state index in [-0.39, 0.29) is 23.7 Å². The van der Waals surface area contributed by atoms with Crippen LogP contribution in [-0.2, 0) is 4.79 Å². The van der Waals surface area contributed by atoms with E-state index < -0.39 is 0 Å². The molecular formula is C13H16BrFN2O.